The van der Waals surface area contributed by atoms with E-state index in [2.05, 4.69) is 21.4 Å². The van der Waals surface area contributed by atoms with Gasteiger partial charge in [-0.15, -0.1) is 0 Å². The molecule has 3 aromatic rings. The van der Waals surface area contributed by atoms with Gasteiger partial charge in [-0.25, -0.2) is 9.97 Å². The Morgan fingerprint density at radius 2 is 1.64 bits per heavy atom. The van der Waals surface area contributed by atoms with Crippen LogP contribution < -0.4 is 10.1 Å². The highest BCUT2D eigenvalue weighted by molar-refractivity contribution is 5.66. The van der Waals surface area contributed by atoms with E-state index in [0.29, 0.717) is 17.3 Å². The van der Waals surface area contributed by atoms with E-state index < -0.39 is 0 Å². The fraction of sp³-hybridized carbons (Fsp3) is 0.150. The van der Waals surface area contributed by atoms with Crippen LogP contribution in [0.25, 0.3) is 11.1 Å². The number of nitrogens with zero attached hydrogens (tertiary/aromatic N) is 3. The monoisotopic (exact) mass is 332 g/mol. The molecule has 0 amide bonds. The maximum atomic E-state index is 9.02. The van der Waals surface area contributed by atoms with Gasteiger partial charge in [-0.05, 0) is 29.8 Å². The zero-order valence-electron chi connectivity index (χ0n) is 14.5. The van der Waals surface area contributed by atoms with Gasteiger partial charge in [0.2, 0.25) is 5.95 Å². The summed E-state index contributed by atoms with van der Waals surface area (Å²) >= 11 is 0. The van der Waals surface area contributed by atoms with Crippen molar-refractivity contribution in [2.75, 3.05) is 12.4 Å². The fourth-order valence-electron chi connectivity index (χ4n) is 2.16. The second-order valence-electron chi connectivity index (χ2n) is 4.81. The van der Waals surface area contributed by atoms with Gasteiger partial charge in [0.15, 0.2) is 0 Å². The Kier molecular flexibility index (Phi) is 6.49. The van der Waals surface area contributed by atoms with E-state index in [-0.39, 0.29) is 0 Å². The summed E-state index contributed by atoms with van der Waals surface area (Å²) in [5.41, 5.74) is 3.18. The highest BCUT2D eigenvalue weighted by atomic mass is 16.5. The van der Waals surface area contributed by atoms with E-state index >= 15 is 0 Å². The summed E-state index contributed by atoms with van der Waals surface area (Å²) in [7, 11) is 1.54. The summed E-state index contributed by atoms with van der Waals surface area (Å²) in [6.45, 7) is 4.00. The summed E-state index contributed by atoms with van der Waals surface area (Å²) in [5, 5.41) is 12.2. The topological polar surface area (TPSA) is 70.8 Å². The van der Waals surface area contributed by atoms with Crippen LogP contribution >= 0.6 is 0 Å². The van der Waals surface area contributed by atoms with Crippen molar-refractivity contribution in [3.05, 3.63) is 66.5 Å². The third-order valence-electron chi connectivity index (χ3n) is 3.34. The number of aromatic nitrogens is 2. The molecule has 1 N–H and O–H groups in total. The summed E-state index contributed by atoms with van der Waals surface area (Å²) in [5.74, 6) is 1.07. The molecule has 0 aliphatic carbocycles. The number of nitriles is 1. The van der Waals surface area contributed by atoms with Crippen molar-refractivity contribution in [2.24, 2.45) is 0 Å². The molecule has 0 unspecified atom stereocenters. The lowest BCUT2D eigenvalue weighted by molar-refractivity contribution is 0.413. The Morgan fingerprint density at radius 3 is 2.24 bits per heavy atom. The van der Waals surface area contributed by atoms with Crippen molar-refractivity contribution in [3.63, 3.8) is 0 Å². The number of methoxy groups -OCH3 is 1. The normalized spacial score (nSPS) is 9.36. The molecule has 0 saturated carbocycles. The Bertz CT molecular complexity index is 840. The molecule has 0 aliphatic heterocycles. The van der Waals surface area contributed by atoms with Crippen molar-refractivity contribution in [1.29, 1.82) is 5.26 Å². The Balaban J connectivity index is 0.00000109. The van der Waals surface area contributed by atoms with Crippen molar-refractivity contribution in [2.45, 2.75) is 13.8 Å². The Morgan fingerprint density at radius 1 is 0.960 bits per heavy atom. The first-order valence-electron chi connectivity index (χ1n) is 8.03. The first kappa shape index (κ1) is 18.0. The van der Waals surface area contributed by atoms with Crippen molar-refractivity contribution in [1.82, 2.24) is 9.97 Å². The van der Waals surface area contributed by atoms with Crippen molar-refractivity contribution >= 4 is 11.6 Å². The van der Waals surface area contributed by atoms with Gasteiger partial charge >= 0.3 is 0 Å². The lowest BCUT2D eigenvalue weighted by Gasteiger charge is -2.07. The lowest BCUT2D eigenvalue weighted by Crippen LogP contribution is -1.96. The number of anilines is 2. The van der Waals surface area contributed by atoms with Crippen LogP contribution in [0.3, 0.4) is 0 Å². The van der Waals surface area contributed by atoms with Gasteiger partial charge in [-0.3, -0.25) is 0 Å². The molecule has 0 spiro atoms. The Labute approximate surface area is 148 Å². The number of rotatable bonds is 4. The molecule has 5 heteroatoms. The number of ether oxygens (including phenoxy) is 1. The molecule has 3 rings (SSSR count). The zero-order valence-corrected chi connectivity index (χ0v) is 14.5. The van der Waals surface area contributed by atoms with Crippen LogP contribution in [0.4, 0.5) is 11.6 Å². The van der Waals surface area contributed by atoms with Crippen LogP contribution in [0.15, 0.2) is 60.9 Å². The van der Waals surface area contributed by atoms with E-state index in [4.69, 9.17) is 10.00 Å². The van der Waals surface area contributed by atoms with Gasteiger partial charge < -0.3 is 10.1 Å². The molecular weight excluding hydrogens is 312 g/mol. The second kappa shape index (κ2) is 9.04. The molecule has 5 nitrogen and oxygen atoms in total. The van der Waals surface area contributed by atoms with Crippen LogP contribution in [0.5, 0.6) is 5.75 Å². The van der Waals surface area contributed by atoms with Crippen LogP contribution in [-0.2, 0) is 0 Å². The summed E-state index contributed by atoms with van der Waals surface area (Å²) in [4.78, 5) is 8.64. The zero-order chi connectivity index (χ0) is 18.1. The minimum atomic E-state index is 0.500. The number of hydrogen-bond acceptors (Lipinski definition) is 5. The van der Waals surface area contributed by atoms with Gasteiger partial charge in [0.25, 0.3) is 0 Å². The molecule has 1 aromatic heterocycles. The maximum absolute atomic E-state index is 9.02. The molecule has 0 aliphatic rings. The summed E-state index contributed by atoms with van der Waals surface area (Å²) in [6.07, 6.45) is 3.47. The van der Waals surface area contributed by atoms with Gasteiger partial charge in [-0.1, -0.05) is 38.1 Å². The SMILES string of the molecule is CC.COc1cc(-c2cnc(Nc3ccccc3)nc2)ccc1C#N. The summed E-state index contributed by atoms with van der Waals surface area (Å²) in [6, 6.07) is 17.2. The highest BCUT2D eigenvalue weighted by Gasteiger charge is 2.06. The van der Waals surface area contributed by atoms with E-state index in [1.807, 2.05) is 56.3 Å². The average molecular weight is 332 g/mol. The standard InChI is InChI=1S/C18H14N4O.C2H6/c1-23-17-9-13(7-8-14(17)10-19)15-11-20-18(21-12-15)22-16-5-3-2-4-6-16;1-2/h2-9,11-12H,1H3,(H,20,21,22);1-2H3. The largest absolute Gasteiger partial charge is 0.495 e. The smallest absolute Gasteiger partial charge is 0.227 e. The molecule has 0 radical (unpaired) electrons. The first-order valence-corrected chi connectivity index (χ1v) is 8.03. The molecule has 0 fully saturated rings. The molecule has 1 heterocycles. The number of para-hydroxylation sites is 1. The van der Waals surface area contributed by atoms with Gasteiger partial charge in [0, 0.05) is 23.6 Å². The van der Waals surface area contributed by atoms with E-state index in [1.165, 1.54) is 0 Å². The second-order valence-corrected chi connectivity index (χ2v) is 4.81. The lowest BCUT2D eigenvalue weighted by atomic mass is 10.1. The fourth-order valence-corrected chi connectivity index (χ4v) is 2.16. The van der Waals surface area contributed by atoms with Crippen LogP contribution in [-0.4, -0.2) is 17.1 Å². The predicted octanol–water partition coefficient (Wildman–Crippen LogP) is 4.79. The van der Waals surface area contributed by atoms with Crippen molar-refractivity contribution < 1.29 is 4.74 Å². The molecule has 0 saturated heterocycles. The molecule has 126 valence electrons. The van der Waals surface area contributed by atoms with Crippen LogP contribution in [0.2, 0.25) is 0 Å². The first-order chi connectivity index (χ1) is 12.3. The van der Waals surface area contributed by atoms with Crippen LogP contribution in [0.1, 0.15) is 19.4 Å². The number of hydrogen-bond donors (Lipinski definition) is 1. The third kappa shape index (κ3) is 4.55. The van der Waals surface area contributed by atoms with E-state index in [0.717, 1.165) is 16.8 Å². The minimum Gasteiger partial charge on any atom is -0.495 e. The summed E-state index contributed by atoms with van der Waals surface area (Å²) < 4.78 is 5.23. The van der Waals surface area contributed by atoms with Crippen LogP contribution in [0, 0.1) is 11.3 Å². The highest BCUT2D eigenvalue weighted by Crippen LogP contribution is 2.26. The number of benzene rings is 2. The van der Waals surface area contributed by atoms with E-state index in [9.17, 15) is 0 Å². The van der Waals surface area contributed by atoms with E-state index in [1.54, 1.807) is 25.6 Å². The molecule has 0 atom stereocenters. The molecular formula is C20H20N4O. The number of nitrogens with one attached hydrogen (secondary N) is 1. The van der Waals surface area contributed by atoms with Gasteiger partial charge in [0.05, 0.1) is 12.7 Å². The average Bonchev–Trinajstić information content (AvgIpc) is 2.70. The third-order valence-corrected chi connectivity index (χ3v) is 3.34. The maximum Gasteiger partial charge on any atom is 0.227 e. The predicted molar refractivity (Wildman–Crippen MR) is 99.8 cm³/mol. The Hall–Kier alpha value is -3.39. The molecule has 25 heavy (non-hydrogen) atoms. The van der Waals surface area contributed by atoms with Gasteiger partial charge in [-0.2, -0.15) is 5.26 Å². The molecule has 0 bridgehead atoms. The molecule has 2 aromatic carbocycles. The van der Waals surface area contributed by atoms with Gasteiger partial charge in [0.1, 0.15) is 11.8 Å². The van der Waals surface area contributed by atoms with Crippen molar-refractivity contribution in [3.8, 4) is 22.9 Å². The minimum absolute atomic E-state index is 0.500. The quantitative estimate of drug-likeness (QED) is 0.743.